The van der Waals surface area contributed by atoms with Gasteiger partial charge in [0, 0.05) is 11.6 Å². The van der Waals surface area contributed by atoms with Crippen LogP contribution in [0.4, 0.5) is 0 Å². The molecule has 0 heterocycles. The summed E-state index contributed by atoms with van der Waals surface area (Å²) in [7, 11) is 0. The molecule has 0 spiro atoms. The van der Waals surface area contributed by atoms with Crippen LogP contribution < -0.4 is 5.73 Å². The number of allylic oxidation sites excluding steroid dienone is 1. The zero-order valence-corrected chi connectivity index (χ0v) is 5.30. The van der Waals surface area contributed by atoms with Crippen LogP contribution in [0.5, 0.6) is 0 Å². The van der Waals surface area contributed by atoms with E-state index in [0.29, 0.717) is 0 Å². The number of nitrogens with two attached hydrogens (primary N) is 1. The molecular weight excluding hydrogens is 112 g/mol. The molecule has 2 nitrogen and oxygen atoms in total. The lowest BCUT2D eigenvalue weighted by molar-refractivity contribution is 0.634. The Morgan fingerprint density at radius 2 is 2.56 bits per heavy atom. The molecule has 0 radical (unpaired) electrons. The van der Waals surface area contributed by atoms with Crippen LogP contribution in [-0.2, 0) is 0 Å². The summed E-state index contributed by atoms with van der Waals surface area (Å²) in [4.78, 5) is 0. The van der Waals surface area contributed by atoms with Crippen LogP contribution in [0.25, 0.3) is 0 Å². The van der Waals surface area contributed by atoms with Gasteiger partial charge in [0.25, 0.3) is 0 Å². The summed E-state index contributed by atoms with van der Waals surface area (Å²) in [5.41, 5.74) is 6.43. The van der Waals surface area contributed by atoms with Crippen molar-refractivity contribution >= 4 is 0 Å². The zero-order chi connectivity index (χ0) is 6.69. The van der Waals surface area contributed by atoms with Gasteiger partial charge in [-0.2, -0.15) is 5.26 Å². The van der Waals surface area contributed by atoms with Crippen LogP contribution in [0.2, 0.25) is 0 Å². The SMILES string of the molecule is N#CC1=CC(N)CCC1. The molecule has 1 aliphatic rings. The molecule has 1 unspecified atom stereocenters. The lowest BCUT2D eigenvalue weighted by atomic mass is 9.97. The van der Waals surface area contributed by atoms with Crippen LogP contribution in [0.15, 0.2) is 11.6 Å². The van der Waals surface area contributed by atoms with E-state index in [2.05, 4.69) is 6.07 Å². The summed E-state index contributed by atoms with van der Waals surface area (Å²) in [5, 5.41) is 8.43. The quantitative estimate of drug-likeness (QED) is 0.520. The van der Waals surface area contributed by atoms with Crippen molar-refractivity contribution in [3.63, 3.8) is 0 Å². The van der Waals surface area contributed by atoms with Crippen LogP contribution in [-0.4, -0.2) is 6.04 Å². The van der Waals surface area contributed by atoms with E-state index in [0.717, 1.165) is 24.8 Å². The van der Waals surface area contributed by atoms with Gasteiger partial charge in [-0.25, -0.2) is 0 Å². The van der Waals surface area contributed by atoms with Gasteiger partial charge in [-0.05, 0) is 19.3 Å². The number of hydrogen-bond donors (Lipinski definition) is 1. The van der Waals surface area contributed by atoms with Gasteiger partial charge in [-0.1, -0.05) is 6.08 Å². The second-order valence-electron chi connectivity index (χ2n) is 2.36. The standard InChI is InChI=1S/C7H10N2/c8-5-6-2-1-3-7(9)4-6/h4,7H,1-3,9H2. The van der Waals surface area contributed by atoms with Gasteiger partial charge in [0.2, 0.25) is 0 Å². The molecular formula is C7H10N2. The highest BCUT2D eigenvalue weighted by Crippen LogP contribution is 2.15. The fourth-order valence-electron chi connectivity index (χ4n) is 1.05. The maximum absolute atomic E-state index is 8.43. The fourth-order valence-corrected chi connectivity index (χ4v) is 1.05. The number of rotatable bonds is 0. The molecule has 0 bridgehead atoms. The number of hydrogen-bond acceptors (Lipinski definition) is 2. The third kappa shape index (κ3) is 1.55. The maximum atomic E-state index is 8.43. The smallest absolute Gasteiger partial charge is 0.0944 e. The van der Waals surface area contributed by atoms with Crippen molar-refractivity contribution in [2.24, 2.45) is 5.73 Å². The molecule has 9 heavy (non-hydrogen) atoms. The van der Waals surface area contributed by atoms with Crippen LogP contribution in [0, 0.1) is 11.3 Å². The second-order valence-corrected chi connectivity index (χ2v) is 2.36. The van der Waals surface area contributed by atoms with E-state index in [-0.39, 0.29) is 6.04 Å². The summed E-state index contributed by atoms with van der Waals surface area (Å²) in [6.07, 6.45) is 4.89. The molecule has 1 aliphatic carbocycles. The van der Waals surface area contributed by atoms with E-state index >= 15 is 0 Å². The first-order chi connectivity index (χ1) is 4.33. The fraction of sp³-hybridized carbons (Fsp3) is 0.571. The Morgan fingerprint density at radius 3 is 3.00 bits per heavy atom. The van der Waals surface area contributed by atoms with Gasteiger partial charge < -0.3 is 5.73 Å². The molecule has 1 atom stereocenters. The minimum atomic E-state index is 0.133. The molecule has 0 fully saturated rings. The summed E-state index contributed by atoms with van der Waals surface area (Å²) >= 11 is 0. The third-order valence-electron chi connectivity index (χ3n) is 1.54. The van der Waals surface area contributed by atoms with Crippen molar-refractivity contribution in [1.29, 1.82) is 5.26 Å². The molecule has 1 rings (SSSR count). The van der Waals surface area contributed by atoms with E-state index in [1.54, 1.807) is 0 Å². The van der Waals surface area contributed by atoms with Crippen LogP contribution in [0.1, 0.15) is 19.3 Å². The summed E-state index contributed by atoms with van der Waals surface area (Å²) in [5.74, 6) is 0. The first-order valence-electron chi connectivity index (χ1n) is 3.19. The Kier molecular flexibility index (Phi) is 1.86. The zero-order valence-electron chi connectivity index (χ0n) is 5.30. The van der Waals surface area contributed by atoms with Gasteiger partial charge in [-0.3, -0.25) is 0 Å². The number of nitriles is 1. The Balaban J connectivity index is 2.62. The molecule has 0 aromatic heterocycles. The highest BCUT2D eigenvalue weighted by molar-refractivity contribution is 5.24. The van der Waals surface area contributed by atoms with Gasteiger partial charge in [0.15, 0.2) is 0 Å². The first-order valence-corrected chi connectivity index (χ1v) is 3.19. The van der Waals surface area contributed by atoms with Gasteiger partial charge in [0.05, 0.1) is 6.07 Å². The Hall–Kier alpha value is -0.810. The lowest BCUT2D eigenvalue weighted by Crippen LogP contribution is -2.19. The Labute approximate surface area is 55.0 Å². The maximum Gasteiger partial charge on any atom is 0.0944 e. The minimum Gasteiger partial charge on any atom is -0.324 e. The third-order valence-corrected chi connectivity index (χ3v) is 1.54. The van der Waals surface area contributed by atoms with Gasteiger partial charge in [0.1, 0.15) is 0 Å². The predicted octanol–water partition coefficient (Wildman–Crippen LogP) is 0.948. The van der Waals surface area contributed by atoms with E-state index < -0.39 is 0 Å². The highest BCUT2D eigenvalue weighted by Gasteiger charge is 2.07. The average molecular weight is 122 g/mol. The molecule has 2 N–H and O–H groups in total. The van der Waals surface area contributed by atoms with Gasteiger partial charge >= 0.3 is 0 Å². The van der Waals surface area contributed by atoms with Crippen molar-refractivity contribution in [2.45, 2.75) is 25.3 Å². The summed E-state index contributed by atoms with van der Waals surface area (Å²) in [6, 6.07) is 2.25. The summed E-state index contributed by atoms with van der Waals surface area (Å²) < 4.78 is 0. The Bertz CT molecular complexity index is 164. The normalized spacial score (nSPS) is 26.7. The molecule has 0 saturated carbocycles. The van der Waals surface area contributed by atoms with E-state index in [1.165, 1.54) is 0 Å². The van der Waals surface area contributed by atoms with Crippen LogP contribution in [0.3, 0.4) is 0 Å². The molecule has 2 heteroatoms. The molecule has 0 aliphatic heterocycles. The molecule has 48 valence electrons. The Morgan fingerprint density at radius 1 is 1.78 bits per heavy atom. The monoisotopic (exact) mass is 122 g/mol. The molecule has 0 aromatic carbocycles. The van der Waals surface area contributed by atoms with Crippen molar-refractivity contribution in [3.05, 3.63) is 11.6 Å². The second kappa shape index (κ2) is 2.65. The molecule has 0 saturated heterocycles. The molecule has 0 aromatic rings. The van der Waals surface area contributed by atoms with Crippen molar-refractivity contribution in [2.75, 3.05) is 0 Å². The average Bonchev–Trinajstić information content (AvgIpc) is 1.88. The van der Waals surface area contributed by atoms with E-state index in [1.807, 2.05) is 6.08 Å². The highest BCUT2D eigenvalue weighted by atomic mass is 14.6. The van der Waals surface area contributed by atoms with E-state index in [4.69, 9.17) is 11.0 Å². The van der Waals surface area contributed by atoms with E-state index in [9.17, 15) is 0 Å². The van der Waals surface area contributed by atoms with Gasteiger partial charge in [-0.15, -0.1) is 0 Å². The van der Waals surface area contributed by atoms with Crippen molar-refractivity contribution in [1.82, 2.24) is 0 Å². The van der Waals surface area contributed by atoms with Crippen molar-refractivity contribution in [3.8, 4) is 6.07 Å². The van der Waals surface area contributed by atoms with Crippen molar-refractivity contribution < 1.29 is 0 Å². The molecule has 0 amide bonds. The minimum absolute atomic E-state index is 0.133. The predicted molar refractivity (Wildman–Crippen MR) is 35.5 cm³/mol. The number of nitrogens with zero attached hydrogens (tertiary/aromatic N) is 1. The topological polar surface area (TPSA) is 49.8 Å². The first kappa shape index (κ1) is 6.31. The lowest BCUT2D eigenvalue weighted by Gasteiger charge is -2.12. The largest absolute Gasteiger partial charge is 0.324 e. The van der Waals surface area contributed by atoms with Crippen LogP contribution >= 0.6 is 0 Å². The summed E-state index contributed by atoms with van der Waals surface area (Å²) in [6.45, 7) is 0.